The van der Waals surface area contributed by atoms with Gasteiger partial charge in [0.15, 0.2) is 0 Å². The Labute approximate surface area is 335 Å². The highest BCUT2D eigenvalue weighted by molar-refractivity contribution is 6.27. The van der Waals surface area contributed by atoms with Crippen molar-refractivity contribution in [3.63, 3.8) is 0 Å². The van der Waals surface area contributed by atoms with Crippen molar-refractivity contribution in [2.75, 3.05) is 0 Å². The minimum Gasteiger partial charge on any atom is -0.456 e. The van der Waals surface area contributed by atoms with Crippen molar-refractivity contribution in [2.24, 2.45) is 0 Å². The molecule has 11 aromatic rings. The van der Waals surface area contributed by atoms with E-state index in [4.69, 9.17) is 20.9 Å². The van der Waals surface area contributed by atoms with E-state index < -0.39 is 164 Å². The zero-order valence-electron chi connectivity index (χ0n) is 47.3. The largest absolute Gasteiger partial charge is 0.456 e. The van der Waals surface area contributed by atoms with Crippen LogP contribution < -0.4 is 0 Å². The molecule has 0 amide bonds. The van der Waals surface area contributed by atoms with Gasteiger partial charge in [-0.1, -0.05) is 175 Å². The topological polar surface area (TPSA) is 13.1 Å². The minimum atomic E-state index is -0.870. The zero-order valence-corrected chi connectivity index (χ0v) is 27.3. The Bertz CT molecular complexity index is 4290. The number of rotatable bonds is 4. The summed E-state index contributed by atoms with van der Waals surface area (Å²) in [6.07, 6.45) is 0. The van der Waals surface area contributed by atoms with Gasteiger partial charge in [0.05, 0.1) is 27.4 Å². The molecule has 0 radical (unpaired) electrons. The van der Waals surface area contributed by atoms with Gasteiger partial charge in [-0.25, -0.2) is 0 Å². The Morgan fingerprint density at radius 3 is 1.70 bits per heavy atom. The summed E-state index contributed by atoms with van der Waals surface area (Å²) in [6.45, 7) is 0. The highest BCUT2D eigenvalue weighted by Crippen LogP contribution is 2.50. The number of hydrogen-bond acceptors (Lipinski definition) is 1. The molecule has 0 aliphatic rings. The molecule has 1 heteroatoms. The molecule has 0 fully saturated rings. The van der Waals surface area contributed by atoms with Crippen molar-refractivity contribution < 1.29 is 31.8 Å². The van der Waals surface area contributed by atoms with Crippen molar-refractivity contribution in [3.05, 3.63) is 194 Å². The van der Waals surface area contributed by atoms with E-state index in [-0.39, 0.29) is 33.0 Å². The predicted molar refractivity (Wildman–Crippen MR) is 225 cm³/mol. The first kappa shape index (κ1) is 16.2. The fourth-order valence-corrected chi connectivity index (χ4v) is 7.42. The highest BCUT2D eigenvalue weighted by Gasteiger charge is 2.22. The monoisotopic (exact) mass is 692 g/mol. The molecule has 0 aliphatic heterocycles. The van der Waals surface area contributed by atoms with Gasteiger partial charge in [0.2, 0.25) is 0 Å². The molecular formula is C52H32O. The number of benzene rings is 10. The first-order valence-electron chi connectivity index (χ1n) is 26.6. The Balaban J connectivity index is 1.46. The summed E-state index contributed by atoms with van der Waals surface area (Å²) in [5, 5.41) is -2.59. The summed E-state index contributed by atoms with van der Waals surface area (Å²) in [5.41, 5.74) is 1.14. The third-order valence-corrected chi connectivity index (χ3v) is 9.65. The maximum absolute atomic E-state index is 9.76. The van der Waals surface area contributed by atoms with Crippen LogP contribution in [0.25, 0.3) is 110 Å². The van der Waals surface area contributed by atoms with Crippen LogP contribution in [-0.4, -0.2) is 0 Å². The van der Waals surface area contributed by atoms with Crippen molar-refractivity contribution in [1.29, 1.82) is 0 Å². The van der Waals surface area contributed by atoms with Crippen LogP contribution in [0.3, 0.4) is 0 Å². The number of fused-ring (bicyclic) bond motifs is 7. The fourth-order valence-electron chi connectivity index (χ4n) is 7.42. The van der Waals surface area contributed by atoms with Crippen molar-refractivity contribution in [2.45, 2.75) is 0 Å². The van der Waals surface area contributed by atoms with E-state index >= 15 is 0 Å². The molecule has 10 aromatic carbocycles. The molecule has 1 aromatic heterocycles. The van der Waals surface area contributed by atoms with Crippen molar-refractivity contribution in [1.82, 2.24) is 0 Å². The van der Waals surface area contributed by atoms with Gasteiger partial charge in [0.25, 0.3) is 0 Å². The summed E-state index contributed by atoms with van der Waals surface area (Å²) in [7, 11) is 0. The van der Waals surface area contributed by atoms with Gasteiger partial charge in [-0.2, -0.15) is 0 Å². The molecule has 0 saturated heterocycles. The third kappa shape index (κ3) is 4.58. The fraction of sp³-hybridized carbons (Fsp3) is 0. The number of hydrogen-bond donors (Lipinski definition) is 0. The van der Waals surface area contributed by atoms with Gasteiger partial charge in [-0.05, 0) is 106 Å². The van der Waals surface area contributed by atoms with Crippen LogP contribution in [0.1, 0.15) is 27.4 Å². The van der Waals surface area contributed by atoms with E-state index in [0.29, 0.717) is 21.9 Å². The standard InChI is InChI=1S/C52H32O/c1-2-14-34(15-3-1)38-25-13-27-48-50(38)46-32-36(29-31-47(46)53-48)40-30-28-35-17-5-7-20-39(35)51(40)52-44-23-10-8-21-42(44)49(43-22-9-11-24-45(43)52)41-26-12-18-33-16-4-6-19-37(33)41/h1-32H/i4D,5D,6D,7D,8D,9D,10D,11D,12D,16D,17D,18D,19D,20D,21D,22D,23D,24D,26D,28D. The van der Waals surface area contributed by atoms with Crippen LogP contribution in [0.5, 0.6) is 0 Å². The van der Waals surface area contributed by atoms with E-state index in [0.717, 1.165) is 11.1 Å². The van der Waals surface area contributed by atoms with Gasteiger partial charge in [-0.15, -0.1) is 0 Å². The minimum absolute atomic E-state index is 0.0268. The smallest absolute Gasteiger partial charge is 0.136 e. The van der Waals surface area contributed by atoms with Crippen LogP contribution in [0.2, 0.25) is 0 Å². The summed E-state index contributed by atoms with van der Waals surface area (Å²) in [6, 6.07) is 5.67. The van der Waals surface area contributed by atoms with E-state index in [9.17, 15) is 11.0 Å². The lowest BCUT2D eigenvalue weighted by molar-refractivity contribution is 0.669. The van der Waals surface area contributed by atoms with Crippen LogP contribution in [0.15, 0.2) is 198 Å². The van der Waals surface area contributed by atoms with Crippen LogP contribution in [0, 0.1) is 0 Å². The predicted octanol–water partition coefficient (Wildman–Crippen LogP) is 14.9. The molecule has 0 aliphatic carbocycles. The van der Waals surface area contributed by atoms with Gasteiger partial charge in [-0.3, -0.25) is 0 Å². The molecule has 53 heavy (non-hydrogen) atoms. The molecular weight excluding hydrogens is 641 g/mol. The quantitative estimate of drug-likeness (QED) is 0.167. The number of furan rings is 1. The molecule has 1 heterocycles. The summed E-state index contributed by atoms with van der Waals surface area (Å²) < 4.78 is 190. The highest BCUT2D eigenvalue weighted by atomic mass is 16.3. The van der Waals surface area contributed by atoms with Gasteiger partial charge in [0.1, 0.15) is 11.2 Å². The van der Waals surface area contributed by atoms with E-state index in [1.807, 2.05) is 42.5 Å². The average molecular weight is 693 g/mol. The molecule has 0 spiro atoms. The lowest BCUT2D eigenvalue weighted by Gasteiger charge is -2.22. The van der Waals surface area contributed by atoms with Crippen molar-refractivity contribution >= 4 is 65.0 Å². The maximum Gasteiger partial charge on any atom is 0.136 e. The van der Waals surface area contributed by atoms with E-state index in [2.05, 4.69) is 0 Å². The van der Waals surface area contributed by atoms with Crippen LogP contribution in [-0.2, 0) is 0 Å². The Kier molecular flexibility index (Phi) is 3.60. The summed E-state index contributed by atoms with van der Waals surface area (Å²) in [4.78, 5) is 0. The van der Waals surface area contributed by atoms with Crippen LogP contribution in [0.4, 0.5) is 0 Å². The molecule has 11 rings (SSSR count). The van der Waals surface area contributed by atoms with Gasteiger partial charge >= 0.3 is 0 Å². The molecule has 0 bridgehead atoms. The van der Waals surface area contributed by atoms with Gasteiger partial charge in [0, 0.05) is 10.8 Å². The lowest BCUT2D eigenvalue weighted by Crippen LogP contribution is -1.94. The average Bonchev–Trinajstić information content (AvgIpc) is 3.77. The first-order chi connectivity index (χ1) is 34.6. The lowest BCUT2D eigenvalue weighted by atomic mass is 9.81. The molecule has 0 atom stereocenters. The maximum atomic E-state index is 9.76. The van der Waals surface area contributed by atoms with Crippen LogP contribution >= 0.6 is 0 Å². The third-order valence-electron chi connectivity index (χ3n) is 9.65. The molecule has 0 unspecified atom stereocenters. The second kappa shape index (κ2) is 11.8. The Hall–Kier alpha value is -6.96. The summed E-state index contributed by atoms with van der Waals surface area (Å²) >= 11 is 0. The first-order valence-corrected chi connectivity index (χ1v) is 16.6. The van der Waals surface area contributed by atoms with Crippen molar-refractivity contribution in [3.8, 4) is 44.5 Å². The molecule has 0 saturated carbocycles. The second-order valence-corrected chi connectivity index (χ2v) is 12.4. The van der Waals surface area contributed by atoms with E-state index in [1.165, 1.54) is 6.07 Å². The Morgan fingerprint density at radius 2 is 0.962 bits per heavy atom. The molecule has 0 N–H and O–H groups in total. The normalized spacial score (nSPS) is 17.1. The Morgan fingerprint density at radius 1 is 0.340 bits per heavy atom. The molecule has 1 nitrogen and oxygen atoms in total. The molecule has 246 valence electrons. The van der Waals surface area contributed by atoms with E-state index in [1.54, 1.807) is 24.3 Å². The summed E-state index contributed by atoms with van der Waals surface area (Å²) in [5.74, 6) is 0. The SMILES string of the molecule is [2H]c1c([2H])c([2H])c2c(-c3c4c([2H])c([2H])c([2H])c([2H])c4c(-c4c([2H])c([2H])c([2H])c5c([2H])c([2H])c([2H])c([2H])c45)c4c([2H])c([2H])c([2H])c([2H])c34)c(-c3ccc4oc5cccc(-c6ccccc6)c5c4c3)cc([2H])c2c1[2H]. The second-order valence-electron chi connectivity index (χ2n) is 12.4. The zero-order chi connectivity index (χ0) is 52.3. The van der Waals surface area contributed by atoms with Gasteiger partial charge < -0.3 is 4.42 Å².